The monoisotopic (exact) mass is 515 g/mol. The predicted molar refractivity (Wildman–Crippen MR) is 144 cm³/mol. The molecule has 4 aromatic rings. The first-order valence-corrected chi connectivity index (χ1v) is 13.3. The van der Waals surface area contributed by atoms with Gasteiger partial charge in [0.25, 0.3) is 11.8 Å². The number of aromatic nitrogens is 3. The Morgan fingerprint density at radius 3 is 2.00 bits per heavy atom. The minimum absolute atomic E-state index is 0.00420. The van der Waals surface area contributed by atoms with Gasteiger partial charge in [0.2, 0.25) is 5.82 Å². The molecule has 8 nitrogen and oxygen atoms in total. The van der Waals surface area contributed by atoms with Crippen molar-refractivity contribution in [3.8, 4) is 16.8 Å². The topological polar surface area (TPSA) is 118 Å². The van der Waals surface area contributed by atoms with Gasteiger partial charge in [-0.25, -0.2) is 14.6 Å². The fraction of sp³-hybridized carbons (Fsp3) is 0.250. The lowest BCUT2D eigenvalue weighted by Crippen LogP contribution is -2.49. The number of thioether (sulfide) groups is 1. The molecule has 0 radical (unpaired) electrons. The molecule has 1 saturated heterocycles. The number of benzene rings is 3. The van der Waals surface area contributed by atoms with Crippen LogP contribution in [0.15, 0.2) is 72.8 Å². The van der Waals surface area contributed by atoms with Crippen molar-refractivity contribution in [3.63, 3.8) is 0 Å². The van der Waals surface area contributed by atoms with Crippen molar-refractivity contribution in [2.75, 3.05) is 24.6 Å². The number of hydrogen-bond donors (Lipinski definition) is 3. The van der Waals surface area contributed by atoms with Crippen LogP contribution in [0.25, 0.3) is 16.8 Å². The standard InChI is InChI=1S/C28H29N5O3S/c1-19-30-27(26(29)34)31-33(19)25-12-4-21(5-13-25)18-20-2-6-22(7-3-20)23-8-10-24(11-9-23)28(35,36)32-14-16-37-17-15-32/h2-13,35-36H,14-18H2,1H3,(H2,29,34). The summed E-state index contributed by atoms with van der Waals surface area (Å²) in [5.74, 6) is -0.197. The van der Waals surface area contributed by atoms with E-state index < -0.39 is 11.8 Å². The number of amides is 1. The van der Waals surface area contributed by atoms with Crippen molar-refractivity contribution in [3.05, 3.63) is 101 Å². The Morgan fingerprint density at radius 1 is 0.919 bits per heavy atom. The van der Waals surface area contributed by atoms with Gasteiger partial charge >= 0.3 is 0 Å². The quantitative estimate of drug-likeness (QED) is 0.324. The summed E-state index contributed by atoms with van der Waals surface area (Å²) in [4.78, 5) is 17.2. The fourth-order valence-corrected chi connectivity index (χ4v) is 5.39. The lowest BCUT2D eigenvalue weighted by atomic mass is 9.99. The molecule has 4 N–H and O–H groups in total. The molecule has 3 aromatic carbocycles. The fourth-order valence-electron chi connectivity index (χ4n) is 4.49. The molecule has 0 spiro atoms. The van der Waals surface area contributed by atoms with Crippen molar-refractivity contribution in [2.45, 2.75) is 19.3 Å². The van der Waals surface area contributed by atoms with E-state index in [9.17, 15) is 15.0 Å². The van der Waals surface area contributed by atoms with Crippen LogP contribution in [-0.2, 0) is 12.3 Å². The van der Waals surface area contributed by atoms with Crippen molar-refractivity contribution >= 4 is 17.7 Å². The number of nitrogens with two attached hydrogens (primary N) is 1. The number of hydrogen-bond acceptors (Lipinski definition) is 7. The predicted octanol–water partition coefficient (Wildman–Crippen LogP) is 3.08. The summed E-state index contributed by atoms with van der Waals surface area (Å²) in [5, 5.41) is 25.6. The number of primary amides is 1. The zero-order chi connectivity index (χ0) is 26.0. The zero-order valence-electron chi connectivity index (χ0n) is 20.5. The third kappa shape index (κ3) is 5.45. The van der Waals surface area contributed by atoms with Gasteiger partial charge in [0.05, 0.1) is 5.69 Å². The number of carbonyl (C=O) groups excluding carboxylic acids is 1. The summed E-state index contributed by atoms with van der Waals surface area (Å²) in [6, 6.07) is 23.8. The largest absolute Gasteiger partial charge is 0.363 e. The van der Waals surface area contributed by atoms with Crippen LogP contribution in [0, 0.1) is 6.92 Å². The van der Waals surface area contributed by atoms with E-state index in [0.29, 0.717) is 24.5 Å². The van der Waals surface area contributed by atoms with Gasteiger partial charge in [-0.3, -0.25) is 4.79 Å². The van der Waals surface area contributed by atoms with Gasteiger partial charge in [-0.2, -0.15) is 11.8 Å². The summed E-state index contributed by atoms with van der Waals surface area (Å²) in [6.07, 6.45) is 0.772. The third-order valence-electron chi connectivity index (χ3n) is 6.59. The molecule has 5 rings (SSSR count). The van der Waals surface area contributed by atoms with Crippen LogP contribution in [0.1, 0.15) is 33.1 Å². The Hall–Kier alpha value is -3.50. The molecule has 0 saturated carbocycles. The molecular weight excluding hydrogens is 486 g/mol. The second kappa shape index (κ2) is 10.5. The van der Waals surface area contributed by atoms with Crippen LogP contribution in [0.2, 0.25) is 0 Å². The number of aliphatic hydroxyl groups is 2. The van der Waals surface area contributed by atoms with E-state index in [1.807, 2.05) is 48.2 Å². The van der Waals surface area contributed by atoms with Gasteiger partial charge in [0.1, 0.15) is 5.82 Å². The van der Waals surface area contributed by atoms with Gasteiger partial charge in [-0.1, -0.05) is 60.7 Å². The maximum Gasteiger partial charge on any atom is 0.288 e. The van der Waals surface area contributed by atoms with Crippen LogP contribution < -0.4 is 5.73 Å². The van der Waals surface area contributed by atoms with Crippen LogP contribution in [0.4, 0.5) is 0 Å². The molecule has 1 amide bonds. The summed E-state index contributed by atoms with van der Waals surface area (Å²) < 4.78 is 1.60. The lowest BCUT2D eigenvalue weighted by Gasteiger charge is -2.37. The first kappa shape index (κ1) is 25.2. The van der Waals surface area contributed by atoms with Gasteiger partial charge in [0, 0.05) is 30.2 Å². The summed E-state index contributed by atoms with van der Waals surface area (Å²) in [6.45, 7) is 3.08. The average Bonchev–Trinajstić information content (AvgIpc) is 3.32. The Morgan fingerprint density at radius 2 is 1.46 bits per heavy atom. The molecule has 0 unspecified atom stereocenters. The lowest BCUT2D eigenvalue weighted by molar-refractivity contribution is -0.273. The Balaban J connectivity index is 1.25. The first-order chi connectivity index (χ1) is 17.8. The van der Waals surface area contributed by atoms with E-state index >= 15 is 0 Å². The smallest absolute Gasteiger partial charge is 0.288 e. The molecule has 2 heterocycles. The summed E-state index contributed by atoms with van der Waals surface area (Å²) in [5.41, 5.74) is 11.0. The normalized spacial score (nSPS) is 14.6. The van der Waals surface area contributed by atoms with E-state index in [1.165, 1.54) is 5.56 Å². The van der Waals surface area contributed by atoms with Gasteiger partial charge in [-0.05, 0) is 47.7 Å². The molecular formula is C28H29N5O3S. The second-order valence-corrected chi connectivity index (χ2v) is 10.3. The summed E-state index contributed by atoms with van der Waals surface area (Å²) >= 11 is 1.83. The molecule has 190 valence electrons. The molecule has 37 heavy (non-hydrogen) atoms. The van der Waals surface area contributed by atoms with Crippen molar-refractivity contribution in [2.24, 2.45) is 5.73 Å². The van der Waals surface area contributed by atoms with Crippen LogP contribution >= 0.6 is 11.8 Å². The molecule has 1 aliphatic rings. The highest BCUT2D eigenvalue weighted by atomic mass is 32.2. The molecule has 1 fully saturated rings. The number of carbonyl (C=O) groups is 1. The van der Waals surface area contributed by atoms with E-state index in [4.69, 9.17) is 5.73 Å². The van der Waals surface area contributed by atoms with Crippen molar-refractivity contribution in [1.82, 2.24) is 19.7 Å². The molecule has 0 aliphatic carbocycles. The first-order valence-electron chi connectivity index (χ1n) is 12.1. The maximum atomic E-state index is 11.3. The zero-order valence-corrected chi connectivity index (χ0v) is 21.4. The van der Waals surface area contributed by atoms with Crippen LogP contribution in [0.3, 0.4) is 0 Å². The minimum atomic E-state index is -1.95. The van der Waals surface area contributed by atoms with Crippen molar-refractivity contribution < 1.29 is 15.0 Å². The molecule has 1 aromatic heterocycles. The second-order valence-electron chi connectivity index (χ2n) is 9.11. The minimum Gasteiger partial charge on any atom is -0.363 e. The molecule has 0 bridgehead atoms. The van der Waals surface area contributed by atoms with Gasteiger partial charge < -0.3 is 15.9 Å². The molecule has 0 atom stereocenters. The van der Waals surface area contributed by atoms with E-state index in [-0.39, 0.29) is 5.82 Å². The highest BCUT2D eigenvalue weighted by molar-refractivity contribution is 7.99. The highest BCUT2D eigenvalue weighted by Gasteiger charge is 2.34. The Bertz CT molecular complexity index is 1380. The van der Waals surface area contributed by atoms with E-state index in [0.717, 1.165) is 40.3 Å². The maximum absolute atomic E-state index is 11.3. The summed E-state index contributed by atoms with van der Waals surface area (Å²) in [7, 11) is 0. The Kier molecular flexibility index (Phi) is 7.12. The number of nitrogens with zero attached hydrogens (tertiary/aromatic N) is 4. The van der Waals surface area contributed by atoms with Gasteiger partial charge in [-0.15, -0.1) is 5.10 Å². The number of rotatable bonds is 7. The number of aryl methyl sites for hydroxylation is 1. The van der Waals surface area contributed by atoms with Crippen LogP contribution in [0.5, 0.6) is 0 Å². The Labute approximate surface area is 219 Å². The molecule has 9 heteroatoms. The average molecular weight is 516 g/mol. The van der Waals surface area contributed by atoms with E-state index in [1.54, 1.807) is 28.6 Å². The SMILES string of the molecule is Cc1nc(C(N)=O)nn1-c1ccc(Cc2ccc(-c3ccc(C(O)(O)N4CCSCC4)cc3)cc2)cc1. The third-order valence-corrected chi connectivity index (χ3v) is 7.53. The van der Waals surface area contributed by atoms with E-state index in [2.05, 4.69) is 34.3 Å². The van der Waals surface area contributed by atoms with Gasteiger partial charge in [0.15, 0.2) is 0 Å². The van der Waals surface area contributed by atoms with Crippen molar-refractivity contribution in [1.29, 1.82) is 0 Å². The highest BCUT2D eigenvalue weighted by Crippen LogP contribution is 2.29. The molecule has 1 aliphatic heterocycles. The van der Waals surface area contributed by atoms with Crippen LogP contribution in [-0.4, -0.2) is 60.4 Å².